The van der Waals surface area contributed by atoms with Crippen LogP contribution in [-0.4, -0.2) is 30.4 Å². The molecule has 0 saturated carbocycles. The Morgan fingerprint density at radius 3 is 2.52 bits per heavy atom. The fraction of sp³-hybridized carbons (Fsp3) is 0.429. The molecule has 21 heavy (non-hydrogen) atoms. The van der Waals surface area contributed by atoms with Gasteiger partial charge in [-0.1, -0.05) is 0 Å². The summed E-state index contributed by atoms with van der Waals surface area (Å²) in [6.45, 7) is 3.81. The predicted octanol–water partition coefficient (Wildman–Crippen LogP) is 2.52. The molecule has 1 aromatic rings. The second-order valence-corrected chi connectivity index (χ2v) is 4.56. The topological polar surface area (TPSA) is 56.1 Å². The molecule has 1 unspecified atom stereocenters. The number of hydrogen-bond acceptors (Lipinski definition) is 3. The van der Waals surface area contributed by atoms with Crippen molar-refractivity contribution in [2.24, 2.45) is 5.92 Å². The van der Waals surface area contributed by atoms with Crippen molar-refractivity contribution >= 4 is 11.6 Å². The lowest BCUT2D eigenvalue weighted by atomic mass is 10.2. The Labute approximate surface area is 121 Å². The van der Waals surface area contributed by atoms with Crippen molar-refractivity contribution in [3.63, 3.8) is 0 Å². The normalized spacial score (nSPS) is 11.6. The maximum Gasteiger partial charge on any atom is 0.241 e. The molecule has 0 heterocycles. The van der Waals surface area contributed by atoms with E-state index >= 15 is 0 Å². The number of carbonyl (C=O) groups is 1. The van der Waals surface area contributed by atoms with Crippen LogP contribution in [0.2, 0.25) is 0 Å². The van der Waals surface area contributed by atoms with Crippen molar-refractivity contribution < 1.29 is 18.0 Å². The Morgan fingerprint density at radius 2 is 1.95 bits per heavy atom. The van der Waals surface area contributed by atoms with Gasteiger partial charge in [0.05, 0.1) is 24.2 Å². The molecule has 4 nitrogen and oxygen atoms in total. The van der Waals surface area contributed by atoms with Crippen LogP contribution in [0.25, 0.3) is 0 Å². The quantitative estimate of drug-likeness (QED) is 0.821. The highest BCUT2D eigenvalue weighted by atomic mass is 19.2. The van der Waals surface area contributed by atoms with E-state index in [1.165, 1.54) is 4.90 Å². The van der Waals surface area contributed by atoms with Gasteiger partial charge in [0.1, 0.15) is 5.82 Å². The van der Waals surface area contributed by atoms with Crippen LogP contribution < -0.4 is 5.32 Å². The minimum atomic E-state index is -1.29. The molecule has 114 valence electrons. The van der Waals surface area contributed by atoms with Crippen LogP contribution in [0.5, 0.6) is 0 Å². The number of rotatable bonds is 6. The first kappa shape index (κ1) is 16.8. The zero-order chi connectivity index (χ0) is 16.0. The van der Waals surface area contributed by atoms with Gasteiger partial charge in [0.15, 0.2) is 11.6 Å². The molecule has 1 aromatic carbocycles. The van der Waals surface area contributed by atoms with Crippen molar-refractivity contribution in [1.82, 2.24) is 4.90 Å². The summed E-state index contributed by atoms with van der Waals surface area (Å²) in [5.74, 6) is -4.15. The fourth-order valence-corrected chi connectivity index (χ4v) is 1.72. The number of nitrogens with one attached hydrogen (secondary N) is 1. The van der Waals surface area contributed by atoms with E-state index in [4.69, 9.17) is 5.26 Å². The van der Waals surface area contributed by atoms with Gasteiger partial charge < -0.3 is 10.2 Å². The number of hydrogen-bond donors (Lipinski definition) is 1. The number of anilines is 1. The molecule has 0 spiro atoms. The molecule has 1 N–H and O–H groups in total. The van der Waals surface area contributed by atoms with Gasteiger partial charge in [-0.25, -0.2) is 13.2 Å². The average molecular weight is 299 g/mol. The van der Waals surface area contributed by atoms with Gasteiger partial charge >= 0.3 is 0 Å². The smallest absolute Gasteiger partial charge is 0.241 e. The Morgan fingerprint density at radius 1 is 1.33 bits per heavy atom. The van der Waals surface area contributed by atoms with Crippen LogP contribution in [-0.2, 0) is 4.79 Å². The Hall–Kier alpha value is -2.23. The summed E-state index contributed by atoms with van der Waals surface area (Å²) < 4.78 is 39.2. The van der Waals surface area contributed by atoms with Gasteiger partial charge in [0, 0.05) is 25.2 Å². The summed E-state index contributed by atoms with van der Waals surface area (Å²) in [5.41, 5.74) is -0.286. The van der Waals surface area contributed by atoms with E-state index in [1.54, 1.807) is 13.8 Å². The number of carbonyl (C=O) groups excluding carboxylic acids is 1. The third kappa shape index (κ3) is 4.67. The van der Waals surface area contributed by atoms with Crippen molar-refractivity contribution in [1.29, 1.82) is 5.26 Å². The van der Waals surface area contributed by atoms with Crippen molar-refractivity contribution in [3.8, 4) is 6.07 Å². The molecule has 0 radical (unpaired) electrons. The molecule has 1 atom stereocenters. The lowest BCUT2D eigenvalue weighted by Crippen LogP contribution is -2.38. The molecule has 0 aliphatic carbocycles. The maximum atomic E-state index is 13.4. The number of nitriles is 1. The maximum absolute atomic E-state index is 13.4. The summed E-state index contributed by atoms with van der Waals surface area (Å²) in [6.07, 6.45) is 0. The van der Waals surface area contributed by atoms with Gasteiger partial charge in [0.2, 0.25) is 5.91 Å². The van der Waals surface area contributed by atoms with Crippen LogP contribution in [0.4, 0.5) is 18.9 Å². The predicted molar refractivity (Wildman–Crippen MR) is 71.8 cm³/mol. The standard InChI is InChI=1S/C14H16F3N3O/c1-3-20(8-9(2)6-18)14(21)7-19-13-5-11(16)10(15)4-12(13)17/h4-5,9,19H,3,7-8H2,1-2H3. The summed E-state index contributed by atoms with van der Waals surface area (Å²) in [7, 11) is 0. The minimum absolute atomic E-state index is 0.258. The largest absolute Gasteiger partial charge is 0.374 e. The van der Waals surface area contributed by atoms with Gasteiger partial charge in [-0.3, -0.25) is 4.79 Å². The molecule has 0 aliphatic heterocycles. The number of nitrogens with zero attached hydrogens (tertiary/aromatic N) is 2. The molecule has 0 bridgehead atoms. The third-order valence-corrected chi connectivity index (χ3v) is 2.89. The number of benzene rings is 1. The van der Waals surface area contributed by atoms with E-state index in [9.17, 15) is 18.0 Å². The lowest BCUT2D eigenvalue weighted by molar-refractivity contribution is -0.129. The average Bonchev–Trinajstić information content (AvgIpc) is 2.46. The number of halogens is 3. The first-order chi connectivity index (χ1) is 9.88. The molecule has 0 aromatic heterocycles. The van der Waals surface area contributed by atoms with E-state index in [2.05, 4.69) is 5.32 Å². The van der Waals surface area contributed by atoms with E-state index in [-0.39, 0.29) is 30.6 Å². The van der Waals surface area contributed by atoms with Gasteiger partial charge in [-0.2, -0.15) is 5.26 Å². The lowest BCUT2D eigenvalue weighted by Gasteiger charge is -2.22. The Kier molecular flexibility index (Phi) is 6.03. The molecule has 0 saturated heterocycles. The summed E-state index contributed by atoms with van der Waals surface area (Å²) in [5, 5.41) is 11.2. The highest BCUT2D eigenvalue weighted by Crippen LogP contribution is 2.18. The summed E-state index contributed by atoms with van der Waals surface area (Å²) in [4.78, 5) is 13.4. The molecular formula is C14H16F3N3O. The van der Waals surface area contributed by atoms with Gasteiger partial charge in [0.25, 0.3) is 0 Å². The highest BCUT2D eigenvalue weighted by Gasteiger charge is 2.16. The van der Waals surface area contributed by atoms with E-state index in [0.717, 1.165) is 0 Å². The SMILES string of the molecule is CCN(CC(C)C#N)C(=O)CNc1cc(F)c(F)cc1F. The Balaban J connectivity index is 2.68. The van der Waals surface area contributed by atoms with Gasteiger partial charge in [-0.05, 0) is 13.8 Å². The zero-order valence-corrected chi connectivity index (χ0v) is 11.8. The first-order valence-corrected chi connectivity index (χ1v) is 6.44. The van der Waals surface area contributed by atoms with Crippen molar-refractivity contribution in [3.05, 3.63) is 29.6 Å². The molecule has 0 fully saturated rings. The molecule has 1 rings (SSSR count). The molecule has 0 aliphatic rings. The molecule has 1 amide bonds. The zero-order valence-electron chi connectivity index (χ0n) is 11.8. The minimum Gasteiger partial charge on any atom is -0.374 e. The molecular weight excluding hydrogens is 283 g/mol. The molecule has 7 heteroatoms. The van der Waals surface area contributed by atoms with Crippen LogP contribution in [0.1, 0.15) is 13.8 Å². The fourth-order valence-electron chi connectivity index (χ4n) is 1.72. The highest BCUT2D eigenvalue weighted by molar-refractivity contribution is 5.80. The summed E-state index contributed by atoms with van der Waals surface area (Å²) >= 11 is 0. The first-order valence-electron chi connectivity index (χ1n) is 6.44. The number of amides is 1. The second kappa shape index (κ2) is 7.53. The van der Waals surface area contributed by atoms with E-state index in [0.29, 0.717) is 18.7 Å². The Bertz CT molecular complexity index is 557. The van der Waals surface area contributed by atoms with Crippen molar-refractivity contribution in [2.75, 3.05) is 25.0 Å². The van der Waals surface area contributed by atoms with Crippen LogP contribution in [0, 0.1) is 34.7 Å². The van der Waals surface area contributed by atoms with E-state index < -0.39 is 17.5 Å². The third-order valence-electron chi connectivity index (χ3n) is 2.89. The second-order valence-electron chi connectivity index (χ2n) is 4.56. The summed E-state index contributed by atoms with van der Waals surface area (Å²) in [6, 6.07) is 3.09. The van der Waals surface area contributed by atoms with Gasteiger partial charge in [-0.15, -0.1) is 0 Å². The van der Waals surface area contributed by atoms with E-state index in [1.807, 2.05) is 6.07 Å². The van der Waals surface area contributed by atoms with Crippen LogP contribution >= 0.6 is 0 Å². The van der Waals surface area contributed by atoms with Crippen LogP contribution in [0.3, 0.4) is 0 Å². The number of likely N-dealkylation sites (N-methyl/N-ethyl adjacent to an activating group) is 1. The van der Waals surface area contributed by atoms with Crippen molar-refractivity contribution in [2.45, 2.75) is 13.8 Å². The monoisotopic (exact) mass is 299 g/mol. The van der Waals surface area contributed by atoms with Crippen LogP contribution in [0.15, 0.2) is 12.1 Å².